The Bertz CT molecular complexity index is 991. The fraction of sp³-hybridized carbons (Fsp3) is 0.280. The second-order valence-electron chi connectivity index (χ2n) is 7.57. The molecule has 1 atom stereocenters. The van der Waals surface area contributed by atoms with Crippen LogP contribution in [0, 0.1) is 0 Å². The molecule has 0 spiro atoms. The van der Waals surface area contributed by atoms with Gasteiger partial charge in [0.05, 0.1) is 12.8 Å². The maximum absolute atomic E-state index is 13.1. The number of methoxy groups -OCH3 is 1. The first-order valence-corrected chi connectivity index (χ1v) is 11.8. The summed E-state index contributed by atoms with van der Waals surface area (Å²) in [5.41, 5.74) is 3.98. The molecule has 1 aliphatic rings. The van der Waals surface area contributed by atoms with Crippen molar-refractivity contribution in [1.29, 1.82) is 0 Å². The smallest absolute Gasteiger partial charge is 0.180 e. The van der Waals surface area contributed by atoms with Crippen molar-refractivity contribution in [2.24, 2.45) is 0 Å². The molecule has 3 aromatic rings. The Kier molecular flexibility index (Phi) is 7.02. The van der Waals surface area contributed by atoms with Gasteiger partial charge in [-0.2, -0.15) is 0 Å². The number of hydrogen-bond acceptors (Lipinski definition) is 5. The lowest BCUT2D eigenvalue weighted by Gasteiger charge is -2.35. The van der Waals surface area contributed by atoms with Crippen LogP contribution in [0.25, 0.3) is 11.1 Å². The number of nitrogens with one attached hydrogen (secondary N) is 1. The van der Waals surface area contributed by atoms with Crippen LogP contribution in [0.15, 0.2) is 77.7 Å². The molecule has 162 valence electrons. The fourth-order valence-corrected chi connectivity index (χ4v) is 4.78. The molecule has 0 saturated carbocycles. The summed E-state index contributed by atoms with van der Waals surface area (Å²) in [5.74, 6) is 0.764. The van der Waals surface area contributed by atoms with Gasteiger partial charge < -0.3 is 19.1 Å². The molecule has 0 amide bonds. The Balaban J connectivity index is 1.50. The average molecular weight is 436 g/mol. The minimum atomic E-state index is -1.38. The molecule has 5 nitrogen and oxygen atoms in total. The Morgan fingerprint density at radius 1 is 0.935 bits per heavy atom. The molecule has 0 radical (unpaired) electrons. The normalized spacial score (nSPS) is 15.5. The van der Waals surface area contributed by atoms with Crippen LogP contribution in [0.2, 0.25) is 0 Å². The summed E-state index contributed by atoms with van der Waals surface area (Å²) in [4.78, 5) is 5.56. The molecule has 3 aromatic carbocycles. The lowest BCUT2D eigenvalue weighted by atomic mass is 10.1. The first kappa shape index (κ1) is 21.6. The highest BCUT2D eigenvalue weighted by molar-refractivity contribution is 7.92. The van der Waals surface area contributed by atoms with E-state index in [1.165, 1.54) is 0 Å². The predicted octanol–water partition coefficient (Wildman–Crippen LogP) is 4.64. The molecule has 6 heteroatoms. The molecule has 0 bridgehead atoms. The number of nitrogens with zero attached hydrogens (tertiary/aromatic N) is 2. The summed E-state index contributed by atoms with van der Waals surface area (Å²) < 4.78 is 21.8. The van der Waals surface area contributed by atoms with Gasteiger partial charge in [-0.3, -0.25) is 0 Å². The van der Waals surface area contributed by atoms with E-state index < -0.39 is 11.4 Å². The van der Waals surface area contributed by atoms with Gasteiger partial charge in [0.15, 0.2) is 4.90 Å². The summed E-state index contributed by atoms with van der Waals surface area (Å²) in [5, 5.41) is 0. The van der Waals surface area contributed by atoms with Crippen LogP contribution < -0.4 is 14.4 Å². The van der Waals surface area contributed by atoms with Gasteiger partial charge in [-0.1, -0.05) is 43.3 Å². The molecule has 1 heterocycles. The molecule has 1 aliphatic heterocycles. The second-order valence-corrected chi connectivity index (χ2v) is 8.78. The number of rotatable bonds is 7. The number of benzene rings is 3. The summed E-state index contributed by atoms with van der Waals surface area (Å²) in [6.45, 7) is 7.49. The summed E-state index contributed by atoms with van der Waals surface area (Å²) >= 11 is -1.38. The van der Waals surface area contributed by atoms with Crippen molar-refractivity contribution in [2.45, 2.75) is 11.8 Å². The SMILES string of the molecule is CCN1CCN(c2cccc(N[S+]([O-])c3ccc(OC)c(-c4ccccc4)c3)c2)CC1. The third-order valence-corrected chi connectivity index (χ3v) is 6.81. The minimum absolute atomic E-state index is 0.710. The highest BCUT2D eigenvalue weighted by Gasteiger charge is 2.19. The van der Waals surface area contributed by atoms with Gasteiger partial charge in [-0.15, -0.1) is 0 Å². The van der Waals surface area contributed by atoms with E-state index in [-0.39, 0.29) is 0 Å². The standard InChI is InChI=1S/C25H29N3O2S/c1-3-27-14-16-28(17-15-27)22-11-7-10-21(18-22)26-31(29)23-12-13-25(30-2)24(19-23)20-8-5-4-6-9-20/h4-13,18-19,26H,3,14-17H2,1-2H3. The van der Waals surface area contributed by atoms with E-state index in [0.717, 1.165) is 61.0 Å². The fourth-order valence-electron chi connectivity index (χ4n) is 3.90. The van der Waals surface area contributed by atoms with E-state index in [2.05, 4.69) is 33.6 Å². The zero-order chi connectivity index (χ0) is 21.6. The van der Waals surface area contributed by atoms with Gasteiger partial charge in [0.1, 0.15) is 17.1 Å². The first-order chi connectivity index (χ1) is 15.2. The molecule has 0 aliphatic carbocycles. The monoisotopic (exact) mass is 435 g/mol. The summed E-state index contributed by atoms with van der Waals surface area (Å²) in [6.07, 6.45) is 0. The van der Waals surface area contributed by atoms with E-state index >= 15 is 0 Å². The lowest BCUT2D eigenvalue weighted by Crippen LogP contribution is -2.46. The zero-order valence-electron chi connectivity index (χ0n) is 18.1. The lowest BCUT2D eigenvalue weighted by molar-refractivity contribution is 0.271. The molecule has 31 heavy (non-hydrogen) atoms. The van der Waals surface area contributed by atoms with E-state index in [4.69, 9.17) is 4.74 Å². The van der Waals surface area contributed by atoms with E-state index in [1.807, 2.05) is 60.7 Å². The predicted molar refractivity (Wildman–Crippen MR) is 129 cm³/mol. The Morgan fingerprint density at radius 2 is 1.71 bits per heavy atom. The number of anilines is 2. The molecular formula is C25H29N3O2S. The van der Waals surface area contributed by atoms with Crippen LogP contribution in [0.3, 0.4) is 0 Å². The molecule has 1 fully saturated rings. The van der Waals surface area contributed by atoms with Crippen molar-refractivity contribution in [2.75, 3.05) is 49.5 Å². The van der Waals surface area contributed by atoms with Crippen molar-refractivity contribution >= 4 is 22.7 Å². The number of piperazine rings is 1. The molecule has 1 unspecified atom stereocenters. The van der Waals surface area contributed by atoms with Gasteiger partial charge >= 0.3 is 0 Å². The van der Waals surface area contributed by atoms with Crippen LogP contribution in [0.1, 0.15) is 6.92 Å². The molecular weight excluding hydrogens is 406 g/mol. The third kappa shape index (κ3) is 5.15. The minimum Gasteiger partial charge on any atom is -0.588 e. The van der Waals surface area contributed by atoms with Gasteiger partial charge in [0.25, 0.3) is 0 Å². The van der Waals surface area contributed by atoms with E-state index in [9.17, 15) is 4.55 Å². The van der Waals surface area contributed by atoms with Crippen molar-refractivity contribution in [3.05, 3.63) is 72.8 Å². The highest BCUT2D eigenvalue weighted by atomic mass is 32.2. The highest BCUT2D eigenvalue weighted by Crippen LogP contribution is 2.33. The van der Waals surface area contributed by atoms with E-state index in [0.29, 0.717) is 4.90 Å². The average Bonchev–Trinajstić information content (AvgIpc) is 2.84. The van der Waals surface area contributed by atoms with Crippen LogP contribution >= 0.6 is 0 Å². The first-order valence-electron chi connectivity index (χ1n) is 10.7. The van der Waals surface area contributed by atoms with Crippen molar-refractivity contribution in [3.63, 3.8) is 0 Å². The quantitative estimate of drug-likeness (QED) is 0.548. The Labute approximate surface area is 188 Å². The molecule has 1 saturated heterocycles. The van der Waals surface area contributed by atoms with Gasteiger partial charge in [-0.25, -0.2) is 4.72 Å². The van der Waals surface area contributed by atoms with Crippen LogP contribution in [0.4, 0.5) is 11.4 Å². The van der Waals surface area contributed by atoms with Crippen molar-refractivity contribution in [3.8, 4) is 16.9 Å². The van der Waals surface area contributed by atoms with Gasteiger partial charge in [0, 0.05) is 43.5 Å². The Morgan fingerprint density at radius 3 is 2.42 bits per heavy atom. The maximum Gasteiger partial charge on any atom is 0.180 e. The third-order valence-electron chi connectivity index (χ3n) is 5.71. The van der Waals surface area contributed by atoms with E-state index in [1.54, 1.807) is 7.11 Å². The van der Waals surface area contributed by atoms with Gasteiger partial charge in [0.2, 0.25) is 0 Å². The van der Waals surface area contributed by atoms with Crippen molar-refractivity contribution in [1.82, 2.24) is 4.90 Å². The Hall–Kier alpha value is -2.67. The van der Waals surface area contributed by atoms with Crippen LogP contribution in [-0.4, -0.2) is 49.3 Å². The van der Waals surface area contributed by atoms with Crippen molar-refractivity contribution < 1.29 is 9.29 Å². The van der Waals surface area contributed by atoms with Gasteiger partial charge in [-0.05, 0) is 42.4 Å². The molecule has 1 N–H and O–H groups in total. The summed E-state index contributed by atoms with van der Waals surface area (Å²) in [6, 6.07) is 23.9. The number of likely N-dealkylation sites (N-methyl/N-ethyl adjacent to an activating group) is 1. The zero-order valence-corrected chi connectivity index (χ0v) is 18.9. The van der Waals surface area contributed by atoms with Crippen LogP contribution in [-0.2, 0) is 11.4 Å². The van der Waals surface area contributed by atoms with Crippen LogP contribution in [0.5, 0.6) is 5.75 Å². The molecule has 4 rings (SSSR count). The topological polar surface area (TPSA) is 50.8 Å². The summed E-state index contributed by atoms with van der Waals surface area (Å²) in [7, 11) is 1.66. The second kappa shape index (κ2) is 10.1. The number of ether oxygens (including phenoxy) is 1. The molecule has 0 aromatic heterocycles. The largest absolute Gasteiger partial charge is 0.588 e. The number of hydrogen-bond donors (Lipinski definition) is 1. The maximum atomic E-state index is 13.1.